The Kier molecular flexibility index (Phi) is 4.51. The van der Waals surface area contributed by atoms with Crippen molar-refractivity contribution in [3.63, 3.8) is 0 Å². The third-order valence-electron chi connectivity index (χ3n) is 3.25. The predicted molar refractivity (Wildman–Crippen MR) is 70.4 cm³/mol. The van der Waals surface area contributed by atoms with Crippen molar-refractivity contribution in [1.29, 1.82) is 0 Å². The molecular formula is C15H18FNO. The second-order valence-corrected chi connectivity index (χ2v) is 4.73. The van der Waals surface area contributed by atoms with Gasteiger partial charge >= 0.3 is 0 Å². The summed E-state index contributed by atoms with van der Waals surface area (Å²) in [6.45, 7) is 0. The highest BCUT2D eigenvalue weighted by Gasteiger charge is 2.13. The first kappa shape index (κ1) is 12.8. The van der Waals surface area contributed by atoms with Crippen LogP contribution in [0.5, 0.6) is 0 Å². The van der Waals surface area contributed by atoms with Gasteiger partial charge in [-0.2, -0.15) is 0 Å². The minimum absolute atomic E-state index is 0.0637. The van der Waals surface area contributed by atoms with Crippen LogP contribution in [-0.2, 0) is 4.79 Å². The molecule has 1 aliphatic carbocycles. The van der Waals surface area contributed by atoms with E-state index >= 15 is 0 Å². The van der Waals surface area contributed by atoms with Gasteiger partial charge in [0.1, 0.15) is 5.82 Å². The van der Waals surface area contributed by atoms with E-state index in [9.17, 15) is 9.18 Å². The summed E-state index contributed by atoms with van der Waals surface area (Å²) >= 11 is 0. The van der Waals surface area contributed by atoms with Crippen molar-refractivity contribution >= 4 is 12.0 Å². The molecule has 0 saturated heterocycles. The third-order valence-corrected chi connectivity index (χ3v) is 3.25. The second kappa shape index (κ2) is 6.34. The first-order valence-corrected chi connectivity index (χ1v) is 6.48. The lowest BCUT2D eigenvalue weighted by atomic mass is 9.95. The third kappa shape index (κ3) is 3.99. The minimum atomic E-state index is -0.265. The van der Waals surface area contributed by atoms with Gasteiger partial charge in [-0.25, -0.2) is 4.39 Å². The molecule has 1 fully saturated rings. The maximum atomic E-state index is 12.7. The number of amides is 1. The molecule has 0 atom stereocenters. The fraction of sp³-hybridized carbons (Fsp3) is 0.400. The molecule has 2 nitrogen and oxygen atoms in total. The van der Waals surface area contributed by atoms with Crippen molar-refractivity contribution in [1.82, 2.24) is 5.32 Å². The summed E-state index contributed by atoms with van der Waals surface area (Å²) < 4.78 is 12.7. The highest BCUT2D eigenvalue weighted by molar-refractivity contribution is 5.91. The molecule has 0 bridgehead atoms. The van der Waals surface area contributed by atoms with Crippen molar-refractivity contribution in [2.24, 2.45) is 0 Å². The molecule has 0 spiro atoms. The lowest BCUT2D eigenvalue weighted by molar-refractivity contribution is -0.117. The number of nitrogens with one attached hydrogen (secondary N) is 1. The van der Waals surface area contributed by atoms with Gasteiger partial charge in [-0.3, -0.25) is 4.79 Å². The molecule has 0 aliphatic heterocycles. The van der Waals surface area contributed by atoms with Gasteiger partial charge in [-0.05, 0) is 36.6 Å². The van der Waals surface area contributed by atoms with E-state index in [0.717, 1.165) is 18.4 Å². The van der Waals surface area contributed by atoms with Crippen molar-refractivity contribution in [3.8, 4) is 0 Å². The van der Waals surface area contributed by atoms with Gasteiger partial charge in [0, 0.05) is 12.1 Å². The van der Waals surface area contributed by atoms with Crippen LogP contribution in [0, 0.1) is 5.82 Å². The molecule has 0 heterocycles. The largest absolute Gasteiger partial charge is 0.350 e. The highest BCUT2D eigenvalue weighted by Crippen LogP contribution is 2.17. The number of hydrogen-bond donors (Lipinski definition) is 1. The van der Waals surface area contributed by atoms with E-state index < -0.39 is 0 Å². The van der Waals surface area contributed by atoms with E-state index in [1.807, 2.05) is 0 Å². The smallest absolute Gasteiger partial charge is 0.244 e. The number of rotatable bonds is 3. The average Bonchev–Trinajstić information content (AvgIpc) is 2.39. The molecule has 18 heavy (non-hydrogen) atoms. The molecule has 1 amide bonds. The first-order valence-electron chi connectivity index (χ1n) is 6.48. The van der Waals surface area contributed by atoms with Gasteiger partial charge in [0.2, 0.25) is 5.91 Å². The van der Waals surface area contributed by atoms with Crippen LogP contribution in [0.2, 0.25) is 0 Å². The number of hydrogen-bond acceptors (Lipinski definition) is 1. The summed E-state index contributed by atoms with van der Waals surface area (Å²) in [7, 11) is 0. The van der Waals surface area contributed by atoms with E-state index in [2.05, 4.69) is 5.32 Å². The van der Waals surface area contributed by atoms with Crippen molar-refractivity contribution in [2.45, 2.75) is 38.1 Å². The molecule has 96 valence electrons. The zero-order valence-electron chi connectivity index (χ0n) is 10.4. The Labute approximate surface area is 107 Å². The molecule has 3 heteroatoms. The van der Waals surface area contributed by atoms with Crippen LogP contribution in [0.3, 0.4) is 0 Å². The molecule has 1 saturated carbocycles. The summed E-state index contributed by atoms with van der Waals surface area (Å²) in [5, 5.41) is 3.00. The van der Waals surface area contributed by atoms with Gasteiger partial charge in [-0.1, -0.05) is 31.4 Å². The maximum absolute atomic E-state index is 12.7. The molecule has 2 rings (SSSR count). The first-order chi connectivity index (χ1) is 8.74. The van der Waals surface area contributed by atoms with Crippen LogP contribution >= 0.6 is 0 Å². The Hall–Kier alpha value is -1.64. The van der Waals surface area contributed by atoms with Crippen LogP contribution in [0.25, 0.3) is 6.08 Å². The Balaban J connectivity index is 1.84. The standard InChI is InChI=1S/C15H18FNO/c16-13-9-6-12(7-10-13)8-11-15(18)17-14-4-2-1-3-5-14/h6-11,14H,1-5H2,(H,17,18)/b11-8-. The van der Waals surface area contributed by atoms with Crippen molar-refractivity contribution in [2.75, 3.05) is 0 Å². The zero-order chi connectivity index (χ0) is 12.8. The Morgan fingerprint density at radius 2 is 1.83 bits per heavy atom. The van der Waals surface area contributed by atoms with E-state index in [0.29, 0.717) is 6.04 Å². The lowest BCUT2D eigenvalue weighted by Gasteiger charge is -2.21. The molecule has 1 aliphatic rings. The van der Waals surface area contributed by atoms with E-state index in [4.69, 9.17) is 0 Å². The van der Waals surface area contributed by atoms with Gasteiger partial charge in [0.25, 0.3) is 0 Å². The Morgan fingerprint density at radius 1 is 1.17 bits per heavy atom. The topological polar surface area (TPSA) is 29.1 Å². The van der Waals surface area contributed by atoms with Gasteiger partial charge in [0.05, 0.1) is 0 Å². The second-order valence-electron chi connectivity index (χ2n) is 4.73. The number of carbonyl (C=O) groups is 1. The van der Waals surface area contributed by atoms with Gasteiger partial charge < -0.3 is 5.32 Å². The lowest BCUT2D eigenvalue weighted by Crippen LogP contribution is -2.34. The molecule has 1 aromatic rings. The Morgan fingerprint density at radius 3 is 2.50 bits per heavy atom. The molecule has 1 aromatic carbocycles. The van der Waals surface area contributed by atoms with Gasteiger partial charge in [-0.15, -0.1) is 0 Å². The monoisotopic (exact) mass is 247 g/mol. The normalized spacial score (nSPS) is 16.9. The van der Waals surface area contributed by atoms with E-state index in [-0.39, 0.29) is 11.7 Å². The summed E-state index contributed by atoms with van der Waals surface area (Å²) in [5.74, 6) is -0.329. The Bertz CT molecular complexity index is 419. The molecule has 0 aromatic heterocycles. The number of carbonyl (C=O) groups excluding carboxylic acids is 1. The highest BCUT2D eigenvalue weighted by atomic mass is 19.1. The molecule has 0 radical (unpaired) electrons. The predicted octanol–water partition coefficient (Wildman–Crippen LogP) is 3.29. The van der Waals surface area contributed by atoms with Crippen molar-refractivity contribution in [3.05, 3.63) is 41.7 Å². The summed E-state index contributed by atoms with van der Waals surface area (Å²) in [4.78, 5) is 11.7. The zero-order valence-corrected chi connectivity index (χ0v) is 10.4. The van der Waals surface area contributed by atoms with Crippen LogP contribution in [0.4, 0.5) is 4.39 Å². The van der Waals surface area contributed by atoms with Crippen LogP contribution in [0.15, 0.2) is 30.3 Å². The van der Waals surface area contributed by atoms with Crippen LogP contribution in [-0.4, -0.2) is 11.9 Å². The quantitative estimate of drug-likeness (QED) is 0.816. The molecule has 0 unspecified atom stereocenters. The maximum Gasteiger partial charge on any atom is 0.244 e. The van der Waals surface area contributed by atoms with Crippen LogP contribution < -0.4 is 5.32 Å². The number of benzene rings is 1. The average molecular weight is 247 g/mol. The summed E-state index contributed by atoms with van der Waals surface area (Å²) in [6.07, 6.45) is 9.06. The SMILES string of the molecule is O=C(/C=C\c1ccc(F)cc1)NC1CCCCC1. The van der Waals surface area contributed by atoms with E-state index in [1.165, 1.54) is 37.5 Å². The summed E-state index contributed by atoms with van der Waals surface area (Å²) in [5.41, 5.74) is 0.829. The van der Waals surface area contributed by atoms with Crippen molar-refractivity contribution < 1.29 is 9.18 Å². The van der Waals surface area contributed by atoms with Gasteiger partial charge in [0.15, 0.2) is 0 Å². The fourth-order valence-corrected chi connectivity index (χ4v) is 2.24. The summed E-state index contributed by atoms with van der Waals surface area (Å²) in [6, 6.07) is 6.40. The molecular weight excluding hydrogens is 229 g/mol. The minimum Gasteiger partial charge on any atom is -0.350 e. The number of halogens is 1. The van der Waals surface area contributed by atoms with E-state index in [1.54, 1.807) is 18.2 Å². The van der Waals surface area contributed by atoms with Crippen LogP contribution in [0.1, 0.15) is 37.7 Å². The molecule has 1 N–H and O–H groups in total. The fourth-order valence-electron chi connectivity index (χ4n) is 2.24.